The highest BCUT2D eigenvalue weighted by Crippen LogP contribution is 2.34. The highest BCUT2D eigenvalue weighted by molar-refractivity contribution is 5.08. The number of aromatic nitrogens is 2. The fourth-order valence-electron chi connectivity index (χ4n) is 3.51. The van der Waals surface area contributed by atoms with Gasteiger partial charge in [-0.05, 0) is 51.0 Å². The molecule has 0 amide bonds. The van der Waals surface area contributed by atoms with Gasteiger partial charge < -0.3 is 9.88 Å². The number of nitrogens with one attached hydrogen (secondary N) is 1. The van der Waals surface area contributed by atoms with E-state index in [4.69, 9.17) is 0 Å². The molecule has 2 heterocycles. The molecule has 1 saturated carbocycles. The van der Waals surface area contributed by atoms with Crippen LogP contribution in [0, 0.1) is 5.92 Å². The van der Waals surface area contributed by atoms with Crippen molar-refractivity contribution in [2.24, 2.45) is 5.92 Å². The fraction of sp³-hybridized carbons (Fsp3) is 0.800. The molecule has 0 spiro atoms. The predicted octanol–water partition coefficient (Wildman–Crippen LogP) is 3.45. The lowest BCUT2D eigenvalue weighted by Crippen LogP contribution is -2.29. The number of rotatable bonds is 2. The minimum atomic E-state index is 0.542. The van der Waals surface area contributed by atoms with Gasteiger partial charge in [0.2, 0.25) is 0 Å². The molecule has 2 fully saturated rings. The molecule has 0 bridgehead atoms. The van der Waals surface area contributed by atoms with Crippen molar-refractivity contribution in [1.82, 2.24) is 14.9 Å². The largest absolute Gasteiger partial charge is 0.330 e. The van der Waals surface area contributed by atoms with Crippen LogP contribution in [0.5, 0.6) is 0 Å². The first-order valence-corrected chi connectivity index (χ1v) is 7.59. The van der Waals surface area contributed by atoms with Gasteiger partial charge in [-0.25, -0.2) is 4.98 Å². The van der Waals surface area contributed by atoms with Crippen LogP contribution < -0.4 is 5.32 Å². The van der Waals surface area contributed by atoms with E-state index in [1.807, 2.05) is 0 Å². The SMILES string of the molecule is CC1CCC(n2cncc2C2CCCCN2)CC1. The van der Waals surface area contributed by atoms with Gasteiger partial charge in [0.05, 0.1) is 12.0 Å². The van der Waals surface area contributed by atoms with Gasteiger partial charge in [0.1, 0.15) is 0 Å². The lowest BCUT2D eigenvalue weighted by Gasteiger charge is -2.31. The average molecular weight is 247 g/mol. The Morgan fingerprint density at radius 2 is 2.00 bits per heavy atom. The first-order chi connectivity index (χ1) is 8.84. The van der Waals surface area contributed by atoms with Crippen molar-refractivity contribution < 1.29 is 0 Å². The molecule has 3 nitrogen and oxygen atoms in total. The molecule has 1 unspecified atom stereocenters. The summed E-state index contributed by atoms with van der Waals surface area (Å²) in [5, 5.41) is 3.65. The molecule has 18 heavy (non-hydrogen) atoms. The Bertz CT molecular complexity index is 371. The number of hydrogen-bond donors (Lipinski definition) is 1. The zero-order chi connectivity index (χ0) is 12.4. The van der Waals surface area contributed by atoms with Crippen LogP contribution in [0.4, 0.5) is 0 Å². The van der Waals surface area contributed by atoms with Crippen LogP contribution in [-0.2, 0) is 0 Å². The van der Waals surface area contributed by atoms with Crippen molar-refractivity contribution in [3.8, 4) is 0 Å². The van der Waals surface area contributed by atoms with Crippen LogP contribution in [0.1, 0.15) is 69.6 Å². The number of piperidine rings is 1. The van der Waals surface area contributed by atoms with Gasteiger partial charge >= 0.3 is 0 Å². The summed E-state index contributed by atoms with van der Waals surface area (Å²) in [4.78, 5) is 4.41. The van der Waals surface area contributed by atoms with Crippen molar-refractivity contribution in [3.05, 3.63) is 18.2 Å². The van der Waals surface area contributed by atoms with Crippen molar-refractivity contribution in [2.45, 2.75) is 64.0 Å². The highest BCUT2D eigenvalue weighted by Gasteiger charge is 2.24. The second-order valence-electron chi connectivity index (χ2n) is 6.14. The van der Waals surface area contributed by atoms with E-state index in [0.717, 1.165) is 12.5 Å². The maximum Gasteiger partial charge on any atom is 0.0951 e. The van der Waals surface area contributed by atoms with Gasteiger partial charge in [-0.15, -0.1) is 0 Å². The summed E-state index contributed by atoms with van der Waals surface area (Å²) < 4.78 is 2.47. The van der Waals surface area contributed by atoms with Gasteiger partial charge in [-0.2, -0.15) is 0 Å². The Morgan fingerprint density at radius 3 is 2.72 bits per heavy atom. The summed E-state index contributed by atoms with van der Waals surface area (Å²) in [5.74, 6) is 0.918. The molecule has 1 N–H and O–H groups in total. The summed E-state index contributed by atoms with van der Waals surface area (Å²) in [7, 11) is 0. The fourth-order valence-corrected chi connectivity index (χ4v) is 3.51. The second-order valence-corrected chi connectivity index (χ2v) is 6.14. The van der Waals surface area contributed by atoms with E-state index in [0.29, 0.717) is 12.1 Å². The lowest BCUT2D eigenvalue weighted by molar-refractivity contribution is 0.276. The average Bonchev–Trinajstić information content (AvgIpc) is 2.90. The monoisotopic (exact) mass is 247 g/mol. The van der Waals surface area contributed by atoms with Crippen LogP contribution in [0.15, 0.2) is 12.5 Å². The quantitative estimate of drug-likeness (QED) is 0.867. The van der Waals surface area contributed by atoms with Crippen LogP contribution >= 0.6 is 0 Å². The Kier molecular flexibility index (Phi) is 3.69. The summed E-state index contributed by atoms with van der Waals surface area (Å²) >= 11 is 0. The van der Waals surface area contributed by atoms with Crippen molar-refractivity contribution >= 4 is 0 Å². The molecule has 100 valence electrons. The Hall–Kier alpha value is -0.830. The van der Waals surface area contributed by atoms with Crippen LogP contribution in [0.3, 0.4) is 0 Å². The number of nitrogens with zero attached hydrogens (tertiary/aromatic N) is 2. The third-order valence-electron chi connectivity index (χ3n) is 4.74. The lowest BCUT2D eigenvalue weighted by atomic mass is 9.87. The molecule has 1 atom stereocenters. The van der Waals surface area contributed by atoms with E-state index in [2.05, 4.69) is 34.3 Å². The van der Waals surface area contributed by atoms with E-state index in [-0.39, 0.29) is 0 Å². The number of hydrogen-bond acceptors (Lipinski definition) is 2. The molecule has 3 rings (SSSR count). The van der Waals surface area contributed by atoms with Crippen molar-refractivity contribution in [3.63, 3.8) is 0 Å². The summed E-state index contributed by atoms with van der Waals surface area (Å²) in [6.07, 6.45) is 13.5. The molecular formula is C15H25N3. The first-order valence-electron chi connectivity index (χ1n) is 7.59. The minimum Gasteiger partial charge on any atom is -0.330 e. The molecule has 3 heteroatoms. The van der Waals surface area contributed by atoms with Crippen LogP contribution in [0.2, 0.25) is 0 Å². The molecule has 1 saturated heterocycles. The predicted molar refractivity (Wildman–Crippen MR) is 73.5 cm³/mol. The third kappa shape index (κ3) is 2.46. The Labute approximate surface area is 110 Å². The molecule has 1 aromatic rings. The summed E-state index contributed by atoms with van der Waals surface area (Å²) in [5.41, 5.74) is 1.43. The van der Waals surface area contributed by atoms with E-state index >= 15 is 0 Å². The van der Waals surface area contributed by atoms with Gasteiger partial charge in [0, 0.05) is 18.3 Å². The molecule has 1 aromatic heterocycles. The van der Waals surface area contributed by atoms with E-state index in [1.54, 1.807) is 0 Å². The molecule has 0 radical (unpaired) electrons. The Balaban J connectivity index is 1.74. The van der Waals surface area contributed by atoms with Crippen molar-refractivity contribution in [1.29, 1.82) is 0 Å². The smallest absolute Gasteiger partial charge is 0.0951 e. The zero-order valence-corrected chi connectivity index (χ0v) is 11.4. The maximum absolute atomic E-state index is 4.41. The maximum atomic E-state index is 4.41. The molecule has 0 aromatic carbocycles. The number of imidazole rings is 1. The van der Waals surface area contributed by atoms with Gasteiger partial charge in [-0.1, -0.05) is 13.3 Å². The first kappa shape index (κ1) is 12.2. The standard InChI is InChI=1S/C15H25N3/c1-12-5-7-13(8-6-12)18-11-16-10-15(18)14-4-2-3-9-17-14/h10-14,17H,2-9H2,1H3. The molecule has 1 aliphatic carbocycles. The Morgan fingerprint density at radius 1 is 1.17 bits per heavy atom. The molecular weight excluding hydrogens is 222 g/mol. The second kappa shape index (κ2) is 5.43. The van der Waals surface area contributed by atoms with Crippen LogP contribution in [0.25, 0.3) is 0 Å². The summed E-state index contributed by atoms with van der Waals surface area (Å²) in [6, 6.07) is 1.24. The van der Waals surface area contributed by atoms with E-state index < -0.39 is 0 Å². The van der Waals surface area contributed by atoms with E-state index in [1.165, 1.54) is 50.6 Å². The zero-order valence-electron chi connectivity index (χ0n) is 11.4. The van der Waals surface area contributed by atoms with E-state index in [9.17, 15) is 0 Å². The third-order valence-corrected chi connectivity index (χ3v) is 4.74. The normalized spacial score (nSPS) is 33.5. The molecule has 2 aliphatic rings. The summed E-state index contributed by atoms with van der Waals surface area (Å²) in [6.45, 7) is 3.55. The van der Waals surface area contributed by atoms with Crippen LogP contribution in [-0.4, -0.2) is 16.1 Å². The highest BCUT2D eigenvalue weighted by atomic mass is 15.1. The van der Waals surface area contributed by atoms with Gasteiger partial charge in [-0.3, -0.25) is 0 Å². The van der Waals surface area contributed by atoms with Gasteiger partial charge in [0.25, 0.3) is 0 Å². The topological polar surface area (TPSA) is 29.9 Å². The molecule has 1 aliphatic heterocycles. The van der Waals surface area contributed by atoms with Gasteiger partial charge in [0.15, 0.2) is 0 Å². The van der Waals surface area contributed by atoms with Crippen molar-refractivity contribution in [2.75, 3.05) is 6.54 Å². The minimum absolute atomic E-state index is 0.542.